The second-order valence-corrected chi connectivity index (χ2v) is 10.5. The van der Waals surface area contributed by atoms with E-state index >= 15 is 0 Å². The quantitative estimate of drug-likeness (QED) is 0.319. The molecule has 0 spiro atoms. The van der Waals surface area contributed by atoms with Gasteiger partial charge in [-0.1, -0.05) is 38.5 Å². The second kappa shape index (κ2) is 12.9. The fourth-order valence-corrected chi connectivity index (χ4v) is 5.22. The van der Waals surface area contributed by atoms with E-state index in [9.17, 15) is 4.79 Å². The van der Waals surface area contributed by atoms with Crippen LogP contribution in [0.5, 0.6) is 11.5 Å². The number of benzene rings is 2. The van der Waals surface area contributed by atoms with E-state index in [4.69, 9.17) is 14.5 Å². The van der Waals surface area contributed by atoms with Crippen molar-refractivity contribution in [2.75, 3.05) is 33.3 Å². The third-order valence-electron chi connectivity index (χ3n) is 6.60. The van der Waals surface area contributed by atoms with Gasteiger partial charge in [-0.25, -0.2) is 4.98 Å². The first-order valence-electron chi connectivity index (χ1n) is 12.8. The van der Waals surface area contributed by atoms with Crippen molar-refractivity contribution in [2.45, 2.75) is 52.2 Å². The first-order chi connectivity index (χ1) is 17.5. The SMILES string of the molecule is COc1ccc(C(=O)N(CCN2CCCCC2)Cc2csc(COc3ccccc3C(C)C)n2)cc1. The van der Waals surface area contributed by atoms with E-state index in [1.165, 1.54) is 24.8 Å². The van der Waals surface area contributed by atoms with Gasteiger partial charge in [-0.3, -0.25) is 4.79 Å². The molecular weight excluding hydrogens is 470 g/mol. The predicted molar refractivity (Wildman–Crippen MR) is 145 cm³/mol. The zero-order valence-electron chi connectivity index (χ0n) is 21.6. The number of likely N-dealkylation sites (tertiary alicyclic amines) is 1. The molecule has 2 aromatic carbocycles. The summed E-state index contributed by atoms with van der Waals surface area (Å²) in [5.41, 5.74) is 2.76. The van der Waals surface area contributed by atoms with Crippen LogP contribution in [0.2, 0.25) is 0 Å². The summed E-state index contributed by atoms with van der Waals surface area (Å²) >= 11 is 1.58. The lowest BCUT2D eigenvalue weighted by atomic mass is 10.0. The van der Waals surface area contributed by atoms with Crippen LogP contribution in [0, 0.1) is 0 Å². The maximum Gasteiger partial charge on any atom is 0.254 e. The van der Waals surface area contributed by atoms with Gasteiger partial charge in [-0.15, -0.1) is 11.3 Å². The first kappa shape index (κ1) is 26.2. The molecule has 2 heterocycles. The highest BCUT2D eigenvalue weighted by molar-refractivity contribution is 7.09. The summed E-state index contributed by atoms with van der Waals surface area (Å²) in [6.45, 7) is 9.03. The number of nitrogens with zero attached hydrogens (tertiary/aromatic N) is 3. The van der Waals surface area contributed by atoms with E-state index in [0.717, 1.165) is 41.8 Å². The van der Waals surface area contributed by atoms with Crippen LogP contribution in [0.15, 0.2) is 53.9 Å². The van der Waals surface area contributed by atoms with Gasteiger partial charge in [0.1, 0.15) is 23.1 Å². The molecule has 0 bridgehead atoms. The number of rotatable bonds is 11. The van der Waals surface area contributed by atoms with Gasteiger partial charge in [-0.2, -0.15) is 0 Å². The normalized spacial score (nSPS) is 14.1. The van der Waals surface area contributed by atoms with Crippen molar-refractivity contribution in [3.8, 4) is 11.5 Å². The summed E-state index contributed by atoms with van der Waals surface area (Å²) < 4.78 is 11.4. The summed E-state index contributed by atoms with van der Waals surface area (Å²) in [7, 11) is 1.63. The van der Waals surface area contributed by atoms with Crippen molar-refractivity contribution in [2.24, 2.45) is 0 Å². The summed E-state index contributed by atoms with van der Waals surface area (Å²) in [6.07, 6.45) is 3.78. The van der Waals surface area contributed by atoms with Gasteiger partial charge in [0, 0.05) is 24.0 Å². The standard InChI is InChI=1S/C29H37N3O3S/c1-22(2)26-9-5-6-10-27(26)35-20-28-30-24(21-36-28)19-32(18-17-31-15-7-4-8-16-31)29(33)23-11-13-25(34-3)14-12-23/h5-6,9-14,21-22H,4,7-8,15-20H2,1-3H3. The molecule has 0 radical (unpaired) electrons. The van der Waals surface area contributed by atoms with Crippen molar-refractivity contribution in [1.82, 2.24) is 14.8 Å². The molecule has 0 aliphatic carbocycles. The van der Waals surface area contributed by atoms with Crippen LogP contribution >= 0.6 is 11.3 Å². The molecule has 0 N–H and O–H groups in total. The summed E-state index contributed by atoms with van der Waals surface area (Å²) in [5.74, 6) is 2.06. The van der Waals surface area contributed by atoms with Crippen molar-refractivity contribution >= 4 is 17.2 Å². The molecule has 0 saturated carbocycles. The Morgan fingerprint density at radius 2 is 1.83 bits per heavy atom. The molecule has 1 fully saturated rings. The topological polar surface area (TPSA) is 54.9 Å². The number of carbonyl (C=O) groups excluding carboxylic acids is 1. The number of piperidine rings is 1. The maximum absolute atomic E-state index is 13.5. The van der Waals surface area contributed by atoms with Gasteiger partial charge in [0.15, 0.2) is 0 Å². The number of hydrogen-bond acceptors (Lipinski definition) is 6. The fraction of sp³-hybridized carbons (Fsp3) is 0.448. The highest BCUT2D eigenvalue weighted by Crippen LogP contribution is 2.27. The van der Waals surface area contributed by atoms with Crippen LogP contribution in [0.1, 0.15) is 65.7 Å². The van der Waals surface area contributed by atoms with Crippen molar-refractivity contribution in [3.63, 3.8) is 0 Å². The average molecular weight is 508 g/mol. The van der Waals surface area contributed by atoms with E-state index in [2.05, 4.69) is 24.8 Å². The molecule has 0 atom stereocenters. The lowest BCUT2D eigenvalue weighted by Crippen LogP contribution is -2.40. The van der Waals surface area contributed by atoms with Crippen LogP contribution in [-0.2, 0) is 13.2 Å². The van der Waals surface area contributed by atoms with Gasteiger partial charge < -0.3 is 19.3 Å². The van der Waals surface area contributed by atoms with E-state index in [-0.39, 0.29) is 5.91 Å². The van der Waals surface area contributed by atoms with E-state index in [1.54, 1.807) is 18.4 Å². The Morgan fingerprint density at radius 3 is 2.56 bits per heavy atom. The Hall–Kier alpha value is -2.90. The fourth-order valence-electron chi connectivity index (χ4n) is 4.53. The number of carbonyl (C=O) groups is 1. The summed E-state index contributed by atoms with van der Waals surface area (Å²) in [6, 6.07) is 15.5. The molecule has 3 aromatic rings. The largest absolute Gasteiger partial charge is 0.497 e. The minimum Gasteiger partial charge on any atom is -0.497 e. The molecule has 36 heavy (non-hydrogen) atoms. The van der Waals surface area contributed by atoms with Crippen LogP contribution in [0.4, 0.5) is 0 Å². The Kier molecular flexibility index (Phi) is 9.36. The molecule has 4 rings (SSSR count). The predicted octanol–water partition coefficient (Wildman–Crippen LogP) is 5.98. The molecule has 1 aliphatic rings. The monoisotopic (exact) mass is 507 g/mol. The second-order valence-electron chi connectivity index (χ2n) is 9.57. The van der Waals surface area contributed by atoms with Gasteiger partial charge in [0.25, 0.3) is 5.91 Å². The zero-order valence-corrected chi connectivity index (χ0v) is 22.4. The van der Waals surface area contributed by atoms with Crippen LogP contribution in [-0.4, -0.2) is 54.0 Å². The number of methoxy groups -OCH3 is 1. The molecule has 192 valence electrons. The Balaban J connectivity index is 1.43. The van der Waals surface area contributed by atoms with Gasteiger partial charge in [0.2, 0.25) is 0 Å². The lowest BCUT2D eigenvalue weighted by molar-refractivity contribution is 0.0713. The number of para-hydroxylation sites is 1. The lowest BCUT2D eigenvalue weighted by Gasteiger charge is -2.30. The Morgan fingerprint density at radius 1 is 1.08 bits per heavy atom. The van der Waals surface area contributed by atoms with E-state index < -0.39 is 0 Å². The zero-order chi connectivity index (χ0) is 25.3. The maximum atomic E-state index is 13.5. The van der Waals surface area contributed by atoms with Crippen LogP contribution in [0.25, 0.3) is 0 Å². The van der Waals surface area contributed by atoms with E-state index in [1.807, 2.05) is 52.7 Å². The summed E-state index contributed by atoms with van der Waals surface area (Å²) in [4.78, 5) is 22.6. The molecule has 1 aromatic heterocycles. The number of hydrogen-bond donors (Lipinski definition) is 0. The Bertz CT molecular complexity index is 1110. The molecular formula is C29H37N3O3S. The highest BCUT2D eigenvalue weighted by Gasteiger charge is 2.20. The first-order valence-corrected chi connectivity index (χ1v) is 13.7. The number of ether oxygens (including phenoxy) is 2. The van der Waals surface area contributed by atoms with Gasteiger partial charge >= 0.3 is 0 Å². The van der Waals surface area contributed by atoms with Crippen molar-refractivity contribution < 1.29 is 14.3 Å². The summed E-state index contributed by atoms with van der Waals surface area (Å²) in [5, 5.41) is 2.96. The number of aromatic nitrogens is 1. The van der Waals surface area contributed by atoms with Gasteiger partial charge in [-0.05, 0) is 67.7 Å². The van der Waals surface area contributed by atoms with Crippen molar-refractivity contribution in [3.05, 3.63) is 75.7 Å². The van der Waals surface area contributed by atoms with Crippen LogP contribution in [0.3, 0.4) is 0 Å². The third kappa shape index (κ3) is 7.08. The molecule has 7 heteroatoms. The molecule has 1 saturated heterocycles. The highest BCUT2D eigenvalue weighted by atomic mass is 32.1. The molecule has 1 amide bonds. The third-order valence-corrected chi connectivity index (χ3v) is 7.47. The van der Waals surface area contributed by atoms with Crippen molar-refractivity contribution in [1.29, 1.82) is 0 Å². The molecule has 6 nitrogen and oxygen atoms in total. The number of thiazole rings is 1. The van der Waals surface area contributed by atoms with Gasteiger partial charge in [0.05, 0.1) is 19.3 Å². The van der Waals surface area contributed by atoms with E-state index in [0.29, 0.717) is 31.2 Å². The Labute approximate surface area is 218 Å². The minimum absolute atomic E-state index is 0.0197. The molecule has 0 unspecified atom stereocenters. The minimum atomic E-state index is 0.0197. The average Bonchev–Trinajstić information content (AvgIpc) is 3.37. The van der Waals surface area contributed by atoms with Crippen LogP contribution < -0.4 is 9.47 Å². The smallest absolute Gasteiger partial charge is 0.254 e. The molecule has 1 aliphatic heterocycles. The number of amides is 1.